The highest BCUT2D eigenvalue weighted by Gasteiger charge is 2.22. The zero-order valence-corrected chi connectivity index (χ0v) is 12.4. The number of anilines is 1. The van der Waals surface area contributed by atoms with Crippen LogP contribution in [0.2, 0.25) is 0 Å². The van der Waals surface area contributed by atoms with Crippen LogP contribution in [0.4, 0.5) is 5.69 Å². The summed E-state index contributed by atoms with van der Waals surface area (Å²) in [5.41, 5.74) is 0.588. The standard InChI is InChI=1S/C14H21N3O4/c1-3-21-14(19)5-7-17-13(18)8-11(9-15-17)16-6-4-12(10-16)20-2/h8-9,12H,3-7,10H2,1-2H3. The monoisotopic (exact) mass is 295 g/mol. The highest BCUT2D eigenvalue weighted by atomic mass is 16.5. The van der Waals surface area contributed by atoms with E-state index in [1.54, 1.807) is 26.3 Å². The van der Waals surface area contributed by atoms with Crippen molar-refractivity contribution in [1.82, 2.24) is 9.78 Å². The maximum atomic E-state index is 12.0. The van der Waals surface area contributed by atoms with Crippen molar-refractivity contribution in [3.8, 4) is 0 Å². The second-order valence-corrected chi connectivity index (χ2v) is 4.92. The molecular formula is C14H21N3O4. The third-order valence-corrected chi connectivity index (χ3v) is 3.53. The molecule has 0 radical (unpaired) electrons. The number of hydrogen-bond acceptors (Lipinski definition) is 6. The quantitative estimate of drug-likeness (QED) is 0.708. The minimum atomic E-state index is -0.322. The van der Waals surface area contributed by atoms with Crippen molar-refractivity contribution in [2.75, 3.05) is 31.7 Å². The van der Waals surface area contributed by atoms with Crippen LogP contribution < -0.4 is 10.5 Å². The Labute approximate surface area is 123 Å². The lowest BCUT2D eigenvalue weighted by atomic mass is 10.3. The van der Waals surface area contributed by atoms with Crippen LogP contribution in [0.25, 0.3) is 0 Å². The van der Waals surface area contributed by atoms with Gasteiger partial charge in [-0.1, -0.05) is 0 Å². The van der Waals surface area contributed by atoms with Gasteiger partial charge in [0.1, 0.15) is 0 Å². The maximum absolute atomic E-state index is 12.0. The Hall–Kier alpha value is -1.89. The van der Waals surface area contributed by atoms with Gasteiger partial charge in [0.15, 0.2) is 0 Å². The summed E-state index contributed by atoms with van der Waals surface area (Å²) in [6, 6.07) is 1.55. The molecule has 1 aromatic heterocycles. The average molecular weight is 295 g/mol. The van der Waals surface area contributed by atoms with Crippen LogP contribution in [0.5, 0.6) is 0 Å². The van der Waals surface area contributed by atoms with Crippen molar-refractivity contribution in [2.45, 2.75) is 32.4 Å². The first-order chi connectivity index (χ1) is 10.1. The molecule has 0 N–H and O–H groups in total. The second-order valence-electron chi connectivity index (χ2n) is 4.92. The Morgan fingerprint density at radius 1 is 1.52 bits per heavy atom. The van der Waals surface area contributed by atoms with Crippen molar-refractivity contribution in [3.63, 3.8) is 0 Å². The van der Waals surface area contributed by atoms with E-state index in [9.17, 15) is 9.59 Å². The Balaban J connectivity index is 1.98. The van der Waals surface area contributed by atoms with E-state index in [0.29, 0.717) is 6.61 Å². The summed E-state index contributed by atoms with van der Waals surface area (Å²) in [6.45, 7) is 3.95. The molecule has 1 aliphatic heterocycles. The van der Waals surface area contributed by atoms with Crippen molar-refractivity contribution in [2.24, 2.45) is 0 Å². The number of carbonyl (C=O) groups excluding carboxylic acids is 1. The van der Waals surface area contributed by atoms with E-state index in [1.165, 1.54) is 4.68 Å². The summed E-state index contributed by atoms with van der Waals surface area (Å²) < 4.78 is 11.4. The molecule has 1 unspecified atom stereocenters. The molecule has 0 aromatic carbocycles. The van der Waals surface area contributed by atoms with Gasteiger partial charge < -0.3 is 14.4 Å². The third kappa shape index (κ3) is 4.04. The summed E-state index contributed by atoms with van der Waals surface area (Å²) in [7, 11) is 1.69. The molecule has 21 heavy (non-hydrogen) atoms. The zero-order valence-electron chi connectivity index (χ0n) is 12.4. The summed E-state index contributed by atoms with van der Waals surface area (Å²) >= 11 is 0. The van der Waals surface area contributed by atoms with Crippen molar-refractivity contribution >= 4 is 11.7 Å². The molecule has 0 bridgehead atoms. The molecule has 1 fully saturated rings. The molecule has 1 saturated heterocycles. The fourth-order valence-electron chi connectivity index (χ4n) is 2.35. The third-order valence-electron chi connectivity index (χ3n) is 3.53. The Morgan fingerprint density at radius 2 is 2.33 bits per heavy atom. The van der Waals surface area contributed by atoms with Crippen molar-refractivity contribution < 1.29 is 14.3 Å². The van der Waals surface area contributed by atoms with E-state index in [2.05, 4.69) is 10.00 Å². The van der Waals surface area contributed by atoms with Gasteiger partial charge in [0.25, 0.3) is 5.56 Å². The number of nitrogens with zero attached hydrogens (tertiary/aromatic N) is 3. The molecular weight excluding hydrogens is 274 g/mol. The van der Waals surface area contributed by atoms with Crippen LogP contribution >= 0.6 is 0 Å². The summed E-state index contributed by atoms with van der Waals surface area (Å²) in [5.74, 6) is -0.322. The van der Waals surface area contributed by atoms with Gasteiger partial charge >= 0.3 is 5.97 Å². The number of aryl methyl sites for hydroxylation is 1. The highest BCUT2D eigenvalue weighted by molar-refractivity contribution is 5.69. The smallest absolute Gasteiger partial charge is 0.307 e. The molecule has 1 aromatic rings. The molecule has 1 aliphatic rings. The number of aromatic nitrogens is 2. The Morgan fingerprint density at radius 3 is 2.95 bits per heavy atom. The first kappa shape index (κ1) is 15.5. The van der Waals surface area contributed by atoms with E-state index in [4.69, 9.17) is 9.47 Å². The molecule has 2 heterocycles. The summed E-state index contributed by atoms with van der Waals surface area (Å²) in [6.07, 6.45) is 2.96. The molecule has 1 atom stereocenters. The van der Waals surface area contributed by atoms with Gasteiger partial charge in [0.05, 0.1) is 37.6 Å². The van der Waals surface area contributed by atoms with Gasteiger partial charge in [-0.15, -0.1) is 0 Å². The Bertz CT molecular complexity index is 543. The minimum absolute atomic E-state index is 0.148. The van der Waals surface area contributed by atoms with Crippen LogP contribution in [-0.4, -0.2) is 48.7 Å². The van der Waals surface area contributed by atoms with Gasteiger partial charge in [0, 0.05) is 26.3 Å². The fraction of sp³-hybridized carbons (Fsp3) is 0.643. The van der Waals surface area contributed by atoms with E-state index >= 15 is 0 Å². The average Bonchev–Trinajstić information content (AvgIpc) is 2.95. The first-order valence-corrected chi connectivity index (χ1v) is 7.14. The number of ether oxygens (including phenoxy) is 2. The number of methoxy groups -OCH3 is 1. The predicted octanol–water partition coefficient (Wildman–Crippen LogP) is 0.422. The van der Waals surface area contributed by atoms with Crippen molar-refractivity contribution in [3.05, 3.63) is 22.6 Å². The number of esters is 1. The second kappa shape index (κ2) is 7.21. The normalized spacial score (nSPS) is 18.0. The van der Waals surface area contributed by atoms with E-state index in [-0.39, 0.29) is 30.6 Å². The van der Waals surface area contributed by atoms with Gasteiger partial charge in [-0.05, 0) is 13.3 Å². The minimum Gasteiger partial charge on any atom is -0.466 e. The zero-order chi connectivity index (χ0) is 15.2. The van der Waals surface area contributed by atoms with E-state index < -0.39 is 0 Å². The number of hydrogen-bond donors (Lipinski definition) is 0. The van der Waals surface area contributed by atoms with E-state index in [0.717, 1.165) is 25.2 Å². The van der Waals surface area contributed by atoms with Gasteiger partial charge in [-0.2, -0.15) is 5.10 Å². The topological polar surface area (TPSA) is 73.7 Å². The summed E-state index contributed by atoms with van der Waals surface area (Å²) in [5, 5.41) is 4.12. The van der Waals surface area contributed by atoms with Gasteiger partial charge in [0.2, 0.25) is 0 Å². The molecule has 2 rings (SSSR count). The fourth-order valence-corrected chi connectivity index (χ4v) is 2.35. The van der Waals surface area contributed by atoms with E-state index in [1.807, 2.05) is 0 Å². The molecule has 0 saturated carbocycles. The van der Waals surface area contributed by atoms with Crippen molar-refractivity contribution in [1.29, 1.82) is 0 Å². The van der Waals surface area contributed by atoms with Crippen LogP contribution in [0, 0.1) is 0 Å². The lowest BCUT2D eigenvalue weighted by Crippen LogP contribution is -2.28. The maximum Gasteiger partial charge on any atom is 0.307 e. The molecule has 116 valence electrons. The van der Waals surface area contributed by atoms with Crippen LogP contribution in [-0.2, 0) is 20.8 Å². The highest BCUT2D eigenvalue weighted by Crippen LogP contribution is 2.19. The molecule has 7 heteroatoms. The van der Waals surface area contributed by atoms with Crippen LogP contribution in [0.1, 0.15) is 19.8 Å². The Kier molecular flexibility index (Phi) is 5.32. The van der Waals surface area contributed by atoms with Gasteiger partial charge in [-0.25, -0.2) is 4.68 Å². The van der Waals surface area contributed by atoms with Gasteiger partial charge in [-0.3, -0.25) is 9.59 Å². The SMILES string of the molecule is CCOC(=O)CCn1ncc(N2CCC(OC)C2)cc1=O. The number of carbonyl (C=O) groups is 1. The predicted molar refractivity (Wildman–Crippen MR) is 77.4 cm³/mol. The molecule has 0 aliphatic carbocycles. The molecule has 0 spiro atoms. The molecule has 7 nitrogen and oxygen atoms in total. The number of rotatable bonds is 6. The lowest BCUT2D eigenvalue weighted by molar-refractivity contribution is -0.143. The molecule has 0 amide bonds. The first-order valence-electron chi connectivity index (χ1n) is 7.14. The largest absolute Gasteiger partial charge is 0.466 e. The van der Waals surface area contributed by atoms with Crippen LogP contribution in [0.3, 0.4) is 0 Å². The lowest BCUT2D eigenvalue weighted by Gasteiger charge is -2.18. The van der Waals surface area contributed by atoms with Crippen LogP contribution in [0.15, 0.2) is 17.1 Å². The summed E-state index contributed by atoms with van der Waals surface area (Å²) in [4.78, 5) is 25.4.